The molecular formula is C13H10IN5OS. The van der Waals surface area contributed by atoms with Gasteiger partial charge >= 0.3 is 0 Å². The molecule has 3 N–H and O–H groups in total. The molecule has 2 aromatic heterocycles. The van der Waals surface area contributed by atoms with Crippen molar-refractivity contribution in [2.24, 2.45) is 5.73 Å². The van der Waals surface area contributed by atoms with E-state index in [1.807, 2.05) is 51.4 Å². The zero-order chi connectivity index (χ0) is 15.0. The number of nitrogens with one attached hydrogen (secondary N) is 1. The van der Waals surface area contributed by atoms with Gasteiger partial charge in [-0.05, 0) is 34.7 Å². The SMILES string of the molecule is NC(=S)Cc1nc2ccccc2n1-c1nc[nH]c(=O)c1I. The molecular weight excluding hydrogens is 401 g/mol. The molecule has 3 aromatic rings. The van der Waals surface area contributed by atoms with Crippen LogP contribution in [0.1, 0.15) is 5.82 Å². The molecule has 0 saturated heterocycles. The van der Waals surface area contributed by atoms with Gasteiger partial charge in [-0.1, -0.05) is 24.4 Å². The van der Waals surface area contributed by atoms with Gasteiger partial charge in [-0.25, -0.2) is 9.97 Å². The van der Waals surface area contributed by atoms with E-state index in [-0.39, 0.29) is 5.56 Å². The Morgan fingerprint density at radius 1 is 1.43 bits per heavy atom. The first-order valence-corrected chi connectivity index (χ1v) is 7.55. The second-order valence-electron chi connectivity index (χ2n) is 4.36. The van der Waals surface area contributed by atoms with E-state index in [0.29, 0.717) is 26.6 Å². The Labute approximate surface area is 138 Å². The minimum Gasteiger partial charge on any atom is -0.393 e. The fourth-order valence-electron chi connectivity index (χ4n) is 2.12. The van der Waals surface area contributed by atoms with Crippen LogP contribution >= 0.6 is 34.8 Å². The minimum atomic E-state index is -0.195. The van der Waals surface area contributed by atoms with E-state index in [0.717, 1.165) is 11.0 Å². The maximum Gasteiger partial charge on any atom is 0.266 e. The first kappa shape index (κ1) is 14.1. The third-order valence-electron chi connectivity index (χ3n) is 2.95. The van der Waals surface area contributed by atoms with Crippen molar-refractivity contribution in [3.05, 3.63) is 50.3 Å². The number of imidazole rings is 1. The van der Waals surface area contributed by atoms with Gasteiger partial charge in [0.15, 0.2) is 5.82 Å². The van der Waals surface area contributed by atoms with Crippen molar-refractivity contribution in [1.29, 1.82) is 0 Å². The second-order valence-corrected chi connectivity index (χ2v) is 5.97. The number of hydrogen-bond donors (Lipinski definition) is 2. The summed E-state index contributed by atoms with van der Waals surface area (Å²) in [5.74, 6) is 1.19. The van der Waals surface area contributed by atoms with Crippen LogP contribution in [0.4, 0.5) is 0 Å². The van der Waals surface area contributed by atoms with Gasteiger partial charge in [-0.2, -0.15) is 0 Å². The summed E-state index contributed by atoms with van der Waals surface area (Å²) in [6, 6.07) is 7.63. The van der Waals surface area contributed by atoms with Crippen LogP contribution in [0.5, 0.6) is 0 Å². The van der Waals surface area contributed by atoms with Crippen LogP contribution in [0.2, 0.25) is 0 Å². The number of hydrogen-bond acceptors (Lipinski definition) is 4. The number of benzene rings is 1. The lowest BCUT2D eigenvalue weighted by Crippen LogP contribution is -2.19. The fourth-order valence-corrected chi connectivity index (χ4v) is 2.78. The molecule has 6 nitrogen and oxygen atoms in total. The summed E-state index contributed by atoms with van der Waals surface area (Å²) in [7, 11) is 0. The van der Waals surface area contributed by atoms with E-state index in [4.69, 9.17) is 18.0 Å². The molecule has 21 heavy (non-hydrogen) atoms. The quantitative estimate of drug-likeness (QED) is 0.504. The summed E-state index contributed by atoms with van der Waals surface area (Å²) >= 11 is 6.95. The van der Waals surface area contributed by atoms with Crippen molar-refractivity contribution in [2.45, 2.75) is 6.42 Å². The number of nitrogens with zero attached hydrogens (tertiary/aromatic N) is 3. The standard InChI is InChI=1S/C13H10IN5OS/c14-11-12(16-6-17-13(11)20)19-8-4-2-1-3-7(8)18-10(19)5-9(15)21/h1-4,6H,5H2,(H2,15,21)(H,16,17,20). The Bertz CT molecular complexity index is 901. The molecule has 0 spiro atoms. The molecule has 0 aliphatic carbocycles. The first-order valence-electron chi connectivity index (χ1n) is 6.06. The van der Waals surface area contributed by atoms with Crippen molar-refractivity contribution >= 4 is 50.8 Å². The van der Waals surface area contributed by atoms with E-state index in [1.165, 1.54) is 6.33 Å². The predicted molar refractivity (Wildman–Crippen MR) is 92.7 cm³/mol. The van der Waals surface area contributed by atoms with Crippen LogP contribution in [0.3, 0.4) is 0 Å². The van der Waals surface area contributed by atoms with Gasteiger partial charge in [0.2, 0.25) is 0 Å². The lowest BCUT2D eigenvalue weighted by atomic mass is 10.3. The number of halogens is 1. The highest BCUT2D eigenvalue weighted by molar-refractivity contribution is 14.1. The van der Waals surface area contributed by atoms with E-state index in [9.17, 15) is 4.79 Å². The van der Waals surface area contributed by atoms with Crippen LogP contribution in [-0.2, 0) is 6.42 Å². The molecule has 0 bridgehead atoms. The van der Waals surface area contributed by atoms with Crippen molar-refractivity contribution in [3.8, 4) is 5.82 Å². The number of rotatable bonds is 3. The molecule has 106 valence electrons. The van der Waals surface area contributed by atoms with E-state index < -0.39 is 0 Å². The van der Waals surface area contributed by atoms with Crippen molar-refractivity contribution in [3.63, 3.8) is 0 Å². The second kappa shape index (κ2) is 5.53. The molecule has 0 fully saturated rings. The minimum absolute atomic E-state index is 0.195. The van der Waals surface area contributed by atoms with Crippen molar-refractivity contribution in [2.75, 3.05) is 0 Å². The third kappa shape index (κ3) is 2.56. The number of nitrogens with two attached hydrogens (primary N) is 1. The highest BCUT2D eigenvalue weighted by Gasteiger charge is 2.17. The molecule has 0 unspecified atom stereocenters. The molecule has 0 aliphatic heterocycles. The normalized spacial score (nSPS) is 10.9. The molecule has 0 radical (unpaired) electrons. The maximum atomic E-state index is 11.8. The van der Waals surface area contributed by atoms with Gasteiger partial charge < -0.3 is 10.7 Å². The van der Waals surface area contributed by atoms with Gasteiger partial charge in [-0.3, -0.25) is 9.36 Å². The highest BCUT2D eigenvalue weighted by Crippen LogP contribution is 2.22. The Morgan fingerprint density at radius 2 is 2.19 bits per heavy atom. The predicted octanol–water partition coefficient (Wildman–Crippen LogP) is 1.54. The van der Waals surface area contributed by atoms with E-state index in [1.54, 1.807) is 0 Å². The zero-order valence-electron chi connectivity index (χ0n) is 10.7. The van der Waals surface area contributed by atoms with Crippen LogP contribution in [0.25, 0.3) is 16.9 Å². The van der Waals surface area contributed by atoms with E-state index >= 15 is 0 Å². The first-order chi connectivity index (χ1) is 10.1. The number of aromatic nitrogens is 4. The third-order valence-corrected chi connectivity index (χ3v) is 4.07. The van der Waals surface area contributed by atoms with E-state index in [2.05, 4.69) is 15.0 Å². The smallest absolute Gasteiger partial charge is 0.266 e. The average molecular weight is 411 g/mol. The summed E-state index contributed by atoms with van der Waals surface area (Å²) in [5.41, 5.74) is 7.12. The number of aromatic amines is 1. The van der Waals surface area contributed by atoms with Gasteiger partial charge in [0.05, 0.1) is 28.8 Å². The average Bonchev–Trinajstić information content (AvgIpc) is 2.79. The van der Waals surface area contributed by atoms with Gasteiger partial charge in [-0.15, -0.1) is 0 Å². The van der Waals surface area contributed by atoms with Crippen LogP contribution in [-0.4, -0.2) is 24.5 Å². The van der Waals surface area contributed by atoms with Gasteiger partial charge in [0, 0.05) is 0 Å². The number of fused-ring (bicyclic) bond motifs is 1. The summed E-state index contributed by atoms with van der Waals surface area (Å²) < 4.78 is 2.31. The number of H-pyrrole nitrogens is 1. The lowest BCUT2D eigenvalue weighted by Gasteiger charge is -2.09. The number of thiocarbonyl (C=S) groups is 1. The molecule has 0 aliphatic rings. The summed E-state index contributed by atoms with van der Waals surface area (Å²) in [5, 5.41) is 0. The fraction of sp³-hybridized carbons (Fsp3) is 0.0769. The van der Waals surface area contributed by atoms with Crippen LogP contribution < -0.4 is 11.3 Å². The Kier molecular flexibility index (Phi) is 3.72. The molecule has 0 amide bonds. The Hall–Kier alpha value is -1.81. The molecule has 3 rings (SSSR count). The maximum absolute atomic E-state index is 11.8. The monoisotopic (exact) mass is 411 g/mol. The van der Waals surface area contributed by atoms with Gasteiger partial charge in [0.1, 0.15) is 9.39 Å². The van der Waals surface area contributed by atoms with Gasteiger partial charge in [0.25, 0.3) is 5.56 Å². The summed E-state index contributed by atoms with van der Waals surface area (Å²) in [6.45, 7) is 0. The molecule has 8 heteroatoms. The van der Waals surface area contributed by atoms with Crippen molar-refractivity contribution < 1.29 is 0 Å². The lowest BCUT2D eigenvalue weighted by molar-refractivity contribution is 0.904. The van der Waals surface area contributed by atoms with Crippen LogP contribution in [0.15, 0.2) is 35.4 Å². The van der Waals surface area contributed by atoms with Crippen molar-refractivity contribution in [1.82, 2.24) is 19.5 Å². The van der Waals surface area contributed by atoms with Crippen LogP contribution in [0, 0.1) is 3.57 Å². The largest absolute Gasteiger partial charge is 0.393 e. The molecule has 0 atom stereocenters. The highest BCUT2D eigenvalue weighted by atomic mass is 127. The Morgan fingerprint density at radius 3 is 2.95 bits per heavy atom. The summed E-state index contributed by atoms with van der Waals surface area (Å²) in [4.78, 5) is 23.5. The molecule has 2 heterocycles. The zero-order valence-corrected chi connectivity index (χ0v) is 13.7. The molecule has 1 aromatic carbocycles. The number of para-hydroxylation sites is 2. The molecule has 0 saturated carbocycles. The topological polar surface area (TPSA) is 89.6 Å². The summed E-state index contributed by atoms with van der Waals surface area (Å²) in [6.07, 6.45) is 1.72. The Balaban J connectivity index is 2.36.